The molecule has 1 amide bonds. The molecule has 0 aromatic heterocycles. The quantitative estimate of drug-likeness (QED) is 0.462. The third-order valence-electron chi connectivity index (χ3n) is 2.50. The summed E-state index contributed by atoms with van der Waals surface area (Å²) in [4.78, 5) is 32.6. The molecule has 1 aliphatic heterocycles. The summed E-state index contributed by atoms with van der Waals surface area (Å²) in [5.74, 6) is -1.46. The lowest BCUT2D eigenvalue weighted by Gasteiger charge is -2.02. The molecular weight excluding hydrogens is 212 g/mol. The molecule has 6 heteroatoms. The number of aryl methyl sites for hydroxylation is 1. The zero-order valence-electron chi connectivity index (χ0n) is 8.44. The van der Waals surface area contributed by atoms with Crippen LogP contribution in [0.15, 0.2) is 12.1 Å². The van der Waals surface area contributed by atoms with E-state index in [4.69, 9.17) is 0 Å². The van der Waals surface area contributed by atoms with Gasteiger partial charge in [0.05, 0.1) is 16.2 Å². The Labute approximate surface area is 90.4 Å². The van der Waals surface area contributed by atoms with Crippen molar-refractivity contribution in [2.45, 2.75) is 13.3 Å². The summed E-state index contributed by atoms with van der Waals surface area (Å²) in [6, 6.07) is 2.64. The van der Waals surface area contributed by atoms with Crippen LogP contribution in [-0.4, -0.2) is 16.6 Å². The van der Waals surface area contributed by atoms with Crippen LogP contribution in [0.25, 0.3) is 0 Å². The Hall–Kier alpha value is -2.24. The van der Waals surface area contributed by atoms with Crippen LogP contribution >= 0.6 is 0 Å². The van der Waals surface area contributed by atoms with Gasteiger partial charge in [-0.1, -0.05) is 6.92 Å². The van der Waals surface area contributed by atoms with Gasteiger partial charge in [-0.15, -0.1) is 0 Å². The summed E-state index contributed by atoms with van der Waals surface area (Å²) < 4.78 is 0. The van der Waals surface area contributed by atoms with Gasteiger partial charge in [0.25, 0.3) is 17.4 Å². The Morgan fingerprint density at radius 2 is 2.06 bits per heavy atom. The van der Waals surface area contributed by atoms with Crippen molar-refractivity contribution < 1.29 is 14.5 Å². The SMILES string of the molecule is CCc1cc2c(cc1[N+](=O)[O-])C(=O)C(=O)N2. The number of anilines is 1. The maximum absolute atomic E-state index is 11.3. The Balaban J connectivity index is 2.64. The number of carbonyl (C=O) groups is 2. The molecule has 1 N–H and O–H groups in total. The van der Waals surface area contributed by atoms with Gasteiger partial charge in [0, 0.05) is 11.6 Å². The number of carbonyl (C=O) groups excluding carboxylic acids is 2. The molecule has 0 radical (unpaired) electrons. The summed E-state index contributed by atoms with van der Waals surface area (Å²) in [6.45, 7) is 1.77. The number of ketones is 1. The average molecular weight is 220 g/mol. The molecule has 0 spiro atoms. The van der Waals surface area contributed by atoms with Crippen molar-refractivity contribution in [1.29, 1.82) is 0 Å². The number of hydrogen-bond acceptors (Lipinski definition) is 4. The Morgan fingerprint density at radius 3 is 2.62 bits per heavy atom. The van der Waals surface area contributed by atoms with E-state index in [-0.39, 0.29) is 11.3 Å². The second-order valence-corrected chi connectivity index (χ2v) is 3.42. The van der Waals surface area contributed by atoms with Gasteiger partial charge < -0.3 is 5.32 Å². The zero-order valence-corrected chi connectivity index (χ0v) is 8.44. The van der Waals surface area contributed by atoms with Crippen molar-refractivity contribution in [1.82, 2.24) is 0 Å². The van der Waals surface area contributed by atoms with Gasteiger partial charge in [0.2, 0.25) is 0 Å². The van der Waals surface area contributed by atoms with Crippen molar-refractivity contribution in [3.8, 4) is 0 Å². The molecule has 16 heavy (non-hydrogen) atoms. The van der Waals surface area contributed by atoms with E-state index in [1.54, 1.807) is 6.92 Å². The van der Waals surface area contributed by atoms with E-state index in [9.17, 15) is 19.7 Å². The van der Waals surface area contributed by atoms with Gasteiger partial charge >= 0.3 is 0 Å². The fourth-order valence-electron chi connectivity index (χ4n) is 1.68. The van der Waals surface area contributed by atoms with Gasteiger partial charge in [-0.05, 0) is 12.5 Å². The van der Waals surface area contributed by atoms with E-state index in [2.05, 4.69) is 5.32 Å². The molecule has 6 nitrogen and oxygen atoms in total. The number of benzene rings is 1. The highest BCUT2D eigenvalue weighted by Crippen LogP contribution is 2.31. The highest BCUT2D eigenvalue weighted by atomic mass is 16.6. The molecule has 1 aliphatic rings. The molecule has 1 aromatic carbocycles. The van der Waals surface area contributed by atoms with Crippen LogP contribution in [0, 0.1) is 10.1 Å². The molecule has 0 bridgehead atoms. The lowest BCUT2D eigenvalue weighted by molar-refractivity contribution is -0.385. The lowest BCUT2D eigenvalue weighted by atomic mass is 10.0. The maximum Gasteiger partial charge on any atom is 0.296 e. The fraction of sp³-hybridized carbons (Fsp3) is 0.200. The second-order valence-electron chi connectivity index (χ2n) is 3.42. The normalized spacial score (nSPS) is 13.6. The van der Waals surface area contributed by atoms with Crippen LogP contribution < -0.4 is 5.32 Å². The zero-order chi connectivity index (χ0) is 11.9. The number of nitrogens with zero attached hydrogens (tertiary/aromatic N) is 1. The van der Waals surface area contributed by atoms with Gasteiger partial charge in [0.1, 0.15) is 0 Å². The topological polar surface area (TPSA) is 89.3 Å². The molecule has 0 aliphatic carbocycles. The van der Waals surface area contributed by atoms with Crippen molar-refractivity contribution in [3.05, 3.63) is 33.4 Å². The van der Waals surface area contributed by atoms with Crippen LogP contribution in [0.5, 0.6) is 0 Å². The summed E-state index contributed by atoms with van der Waals surface area (Å²) >= 11 is 0. The Kier molecular flexibility index (Phi) is 2.19. The van der Waals surface area contributed by atoms with Crippen LogP contribution in [0.2, 0.25) is 0 Å². The Bertz CT molecular complexity index is 522. The molecule has 1 aromatic rings. The largest absolute Gasteiger partial charge is 0.318 e. The average Bonchev–Trinajstić information content (AvgIpc) is 2.53. The van der Waals surface area contributed by atoms with E-state index in [1.165, 1.54) is 6.07 Å². The predicted octanol–water partition coefficient (Wildman–Crippen LogP) is 1.29. The number of nitrogens with one attached hydrogen (secondary N) is 1. The van der Waals surface area contributed by atoms with Gasteiger partial charge in [-0.3, -0.25) is 19.7 Å². The minimum atomic E-state index is -0.738. The van der Waals surface area contributed by atoms with Gasteiger partial charge in [0.15, 0.2) is 0 Å². The summed E-state index contributed by atoms with van der Waals surface area (Å²) in [5, 5.41) is 13.1. The number of Topliss-reactive ketones (excluding diaryl/α,β-unsaturated/α-hetero) is 1. The number of nitro groups is 1. The van der Waals surface area contributed by atoms with Crippen LogP contribution in [-0.2, 0) is 11.2 Å². The molecule has 0 atom stereocenters. The molecule has 0 unspecified atom stereocenters. The minimum Gasteiger partial charge on any atom is -0.318 e. The maximum atomic E-state index is 11.3. The molecule has 0 fully saturated rings. The standard InChI is InChI=1S/C10H8N2O4/c1-2-5-3-7-6(4-8(5)12(15)16)9(13)10(14)11-7/h3-4H,2H2,1H3,(H,11,13,14). The molecular formula is C10H8N2O4. The predicted molar refractivity (Wildman–Crippen MR) is 55.4 cm³/mol. The minimum absolute atomic E-state index is 0.0777. The van der Waals surface area contributed by atoms with Crippen LogP contribution in [0.3, 0.4) is 0 Å². The van der Waals surface area contributed by atoms with E-state index in [0.29, 0.717) is 17.7 Å². The smallest absolute Gasteiger partial charge is 0.296 e. The van der Waals surface area contributed by atoms with E-state index >= 15 is 0 Å². The third kappa shape index (κ3) is 1.35. The summed E-state index contributed by atoms with van der Waals surface area (Å²) in [6.07, 6.45) is 0.466. The monoisotopic (exact) mass is 220 g/mol. The number of amides is 1. The van der Waals surface area contributed by atoms with Crippen molar-refractivity contribution >= 4 is 23.1 Å². The van der Waals surface area contributed by atoms with E-state index in [0.717, 1.165) is 6.07 Å². The Morgan fingerprint density at radius 1 is 1.38 bits per heavy atom. The van der Waals surface area contributed by atoms with Crippen molar-refractivity contribution in [2.75, 3.05) is 5.32 Å². The number of hydrogen-bond donors (Lipinski definition) is 1. The van der Waals surface area contributed by atoms with Crippen LogP contribution in [0.4, 0.5) is 11.4 Å². The summed E-state index contributed by atoms with van der Waals surface area (Å²) in [7, 11) is 0. The van der Waals surface area contributed by atoms with Crippen molar-refractivity contribution in [3.63, 3.8) is 0 Å². The second kappa shape index (κ2) is 3.41. The first-order valence-electron chi connectivity index (χ1n) is 4.71. The molecule has 0 saturated heterocycles. The molecule has 82 valence electrons. The highest BCUT2D eigenvalue weighted by Gasteiger charge is 2.31. The van der Waals surface area contributed by atoms with Gasteiger partial charge in [-0.2, -0.15) is 0 Å². The number of nitro benzene ring substituents is 1. The van der Waals surface area contributed by atoms with Gasteiger partial charge in [-0.25, -0.2) is 0 Å². The van der Waals surface area contributed by atoms with Crippen LogP contribution in [0.1, 0.15) is 22.8 Å². The highest BCUT2D eigenvalue weighted by molar-refractivity contribution is 6.51. The molecule has 0 saturated carbocycles. The first-order chi connectivity index (χ1) is 7.54. The first kappa shape index (κ1) is 10.3. The lowest BCUT2D eigenvalue weighted by Crippen LogP contribution is -2.12. The molecule has 2 rings (SSSR count). The fourth-order valence-corrected chi connectivity index (χ4v) is 1.68. The summed E-state index contributed by atoms with van der Waals surface area (Å²) in [5.41, 5.74) is 0.816. The van der Waals surface area contributed by atoms with E-state index in [1.807, 2.05) is 0 Å². The molecule has 1 heterocycles. The first-order valence-corrected chi connectivity index (χ1v) is 4.71. The third-order valence-corrected chi connectivity index (χ3v) is 2.50. The van der Waals surface area contributed by atoms with E-state index < -0.39 is 16.6 Å². The van der Waals surface area contributed by atoms with Crippen molar-refractivity contribution in [2.24, 2.45) is 0 Å². The number of rotatable bonds is 2. The number of fused-ring (bicyclic) bond motifs is 1.